The van der Waals surface area contributed by atoms with E-state index >= 15 is 0 Å². The van der Waals surface area contributed by atoms with Crippen molar-refractivity contribution in [1.82, 2.24) is 0 Å². The number of ether oxygens (including phenoxy) is 1. The summed E-state index contributed by atoms with van der Waals surface area (Å²) in [7, 11) is 0. The van der Waals surface area contributed by atoms with Crippen LogP contribution in [0.15, 0.2) is 24.4 Å². The van der Waals surface area contributed by atoms with E-state index in [0.717, 1.165) is 6.26 Å². The van der Waals surface area contributed by atoms with Gasteiger partial charge >= 0.3 is 5.95 Å². The van der Waals surface area contributed by atoms with E-state index in [-0.39, 0.29) is 0 Å². The van der Waals surface area contributed by atoms with Crippen molar-refractivity contribution in [2.24, 2.45) is 5.73 Å². The zero-order valence-corrected chi connectivity index (χ0v) is 4.48. The molecule has 0 aromatic heterocycles. The lowest BCUT2D eigenvalue weighted by Gasteiger charge is -1.89. The summed E-state index contributed by atoms with van der Waals surface area (Å²) < 4.78 is 4.16. The van der Waals surface area contributed by atoms with Crippen molar-refractivity contribution in [2.75, 3.05) is 0 Å². The highest BCUT2D eigenvalue weighted by atomic mass is 16.5. The summed E-state index contributed by atoms with van der Waals surface area (Å²) in [5.41, 5.74) is 4.68. The molecular formula is C4H7NO4. The first-order valence-corrected chi connectivity index (χ1v) is 2.01. The molecule has 52 valence electrons. The van der Waals surface area contributed by atoms with Crippen molar-refractivity contribution >= 4 is 0 Å². The Morgan fingerprint density at radius 2 is 1.78 bits per heavy atom. The molecule has 0 saturated heterocycles. The number of rotatable bonds is 2. The van der Waals surface area contributed by atoms with E-state index in [0.29, 0.717) is 6.26 Å². The maximum atomic E-state index is 8.19. The van der Waals surface area contributed by atoms with Gasteiger partial charge in [0.1, 0.15) is 6.26 Å². The Balaban J connectivity index is 3.53. The predicted molar refractivity (Wildman–Crippen MR) is 29.3 cm³/mol. The lowest BCUT2D eigenvalue weighted by atomic mass is 10.9. The zero-order valence-electron chi connectivity index (χ0n) is 4.48. The van der Waals surface area contributed by atoms with Gasteiger partial charge in [0.2, 0.25) is 5.88 Å². The van der Waals surface area contributed by atoms with Crippen molar-refractivity contribution in [3.8, 4) is 0 Å². The van der Waals surface area contributed by atoms with Gasteiger partial charge in [0.15, 0.2) is 6.26 Å². The van der Waals surface area contributed by atoms with Crippen LogP contribution in [0.1, 0.15) is 0 Å². The van der Waals surface area contributed by atoms with Gasteiger partial charge in [0, 0.05) is 0 Å². The molecule has 0 amide bonds. The number of hydrogen-bond acceptors (Lipinski definition) is 5. The Morgan fingerprint density at radius 3 is 2.11 bits per heavy atom. The molecule has 5 N–H and O–H groups in total. The van der Waals surface area contributed by atoms with Crippen LogP contribution in [0.2, 0.25) is 0 Å². The van der Waals surface area contributed by atoms with Gasteiger partial charge in [-0.05, 0) is 0 Å². The molecule has 0 heterocycles. The van der Waals surface area contributed by atoms with Crippen LogP contribution in [0.4, 0.5) is 0 Å². The number of aliphatic hydroxyl groups is 3. The Hall–Kier alpha value is -1.52. The van der Waals surface area contributed by atoms with Crippen molar-refractivity contribution < 1.29 is 20.1 Å². The van der Waals surface area contributed by atoms with Crippen LogP contribution >= 0.6 is 0 Å². The Labute approximate surface area is 51.3 Å². The molecule has 0 fully saturated rings. The van der Waals surface area contributed by atoms with E-state index in [9.17, 15) is 0 Å². The van der Waals surface area contributed by atoms with Crippen LogP contribution in [0.3, 0.4) is 0 Å². The van der Waals surface area contributed by atoms with Crippen molar-refractivity contribution in [2.45, 2.75) is 0 Å². The molecule has 0 unspecified atom stereocenters. The van der Waals surface area contributed by atoms with Crippen LogP contribution in [0.25, 0.3) is 0 Å². The summed E-state index contributed by atoms with van der Waals surface area (Å²) in [6.45, 7) is 0. The van der Waals surface area contributed by atoms with E-state index in [1.807, 2.05) is 0 Å². The second-order valence-corrected chi connectivity index (χ2v) is 1.15. The van der Waals surface area contributed by atoms with Crippen LogP contribution in [-0.4, -0.2) is 15.3 Å². The topological polar surface area (TPSA) is 95.9 Å². The third-order valence-electron chi connectivity index (χ3n) is 0.362. The second-order valence-electron chi connectivity index (χ2n) is 1.15. The SMILES string of the molecule is NC(O)=COC=C(O)O. The average Bonchev–Trinajstić information content (AvgIpc) is 1.63. The van der Waals surface area contributed by atoms with E-state index in [4.69, 9.17) is 15.3 Å². The smallest absolute Gasteiger partial charge is 0.311 e. The van der Waals surface area contributed by atoms with Crippen molar-refractivity contribution in [3.05, 3.63) is 24.4 Å². The van der Waals surface area contributed by atoms with Gasteiger partial charge in [-0.2, -0.15) is 0 Å². The summed E-state index contributed by atoms with van der Waals surface area (Å²) in [6, 6.07) is 0. The number of hydrogen-bond donors (Lipinski definition) is 4. The monoisotopic (exact) mass is 133 g/mol. The van der Waals surface area contributed by atoms with Gasteiger partial charge in [-0.3, -0.25) is 0 Å². The van der Waals surface area contributed by atoms with Gasteiger partial charge in [-0.1, -0.05) is 0 Å². The largest absolute Gasteiger partial charge is 0.493 e. The number of nitrogens with two attached hydrogens (primary N) is 1. The lowest BCUT2D eigenvalue weighted by molar-refractivity contribution is 0.167. The fraction of sp³-hybridized carbons (Fsp3) is 0. The first-order valence-electron chi connectivity index (χ1n) is 2.01. The van der Waals surface area contributed by atoms with Crippen LogP contribution in [0.5, 0.6) is 0 Å². The zero-order chi connectivity index (χ0) is 7.28. The minimum atomic E-state index is -0.993. The molecule has 0 aliphatic heterocycles. The second kappa shape index (κ2) is 3.48. The third-order valence-corrected chi connectivity index (χ3v) is 0.362. The molecule has 5 heteroatoms. The summed E-state index contributed by atoms with van der Waals surface area (Å²) >= 11 is 0. The van der Waals surface area contributed by atoms with Gasteiger partial charge in [-0.15, -0.1) is 0 Å². The molecule has 0 aromatic rings. The predicted octanol–water partition coefficient (Wildman–Crippen LogP) is 0.234. The van der Waals surface area contributed by atoms with Crippen LogP contribution < -0.4 is 5.73 Å². The van der Waals surface area contributed by atoms with Gasteiger partial charge in [0.05, 0.1) is 0 Å². The van der Waals surface area contributed by atoms with Gasteiger partial charge in [-0.25, -0.2) is 0 Å². The van der Waals surface area contributed by atoms with Gasteiger partial charge in [0.25, 0.3) is 0 Å². The quantitative estimate of drug-likeness (QED) is 0.404. The molecule has 0 spiro atoms. The number of aliphatic hydroxyl groups excluding tert-OH is 2. The standard InChI is InChI=1S/C4H7NO4/c5-3(6)1-9-2-4(7)8/h1-2,6-8H,5H2. The molecule has 0 radical (unpaired) electrons. The molecular weight excluding hydrogens is 126 g/mol. The first-order chi connectivity index (χ1) is 4.13. The fourth-order valence-electron chi connectivity index (χ4n) is 0.165. The molecule has 5 nitrogen and oxygen atoms in total. The van der Waals surface area contributed by atoms with Crippen molar-refractivity contribution in [3.63, 3.8) is 0 Å². The highest BCUT2D eigenvalue weighted by molar-refractivity contribution is 4.79. The summed E-state index contributed by atoms with van der Waals surface area (Å²) in [5.74, 6) is -1.54. The molecule has 0 bridgehead atoms. The van der Waals surface area contributed by atoms with E-state index in [2.05, 4.69) is 10.5 Å². The van der Waals surface area contributed by atoms with Gasteiger partial charge < -0.3 is 25.8 Å². The van der Waals surface area contributed by atoms with Crippen LogP contribution in [-0.2, 0) is 4.74 Å². The molecule has 0 aromatic carbocycles. The molecule has 0 aliphatic carbocycles. The molecule has 0 aliphatic rings. The maximum Gasteiger partial charge on any atom is 0.311 e. The maximum absolute atomic E-state index is 8.19. The fourth-order valence-corrected chi connectivity index (χ4v) is 0.165. The Bertz CT molecular complexity index is 116. The molecule has 9 heavy (non-hydrogen) atoms. The minimum absolute atomic E-state index is 0.549. The minimum Gasteiger partial charge on any atom is -0.493 e. The molecule has 0 saturated carbocycles. The molecule has 0 atom stereocenters. The lowest BCUT2D eigenvalue weighted by Crippen LogP contribution is -1.94. The molecule has 0 rings (SSSR count). The first kappa shape index (κ1) is 7.48. The highest BCUT2D eigenvalue weighted by Crippen LogP contribution is 1.84. The van der Waals surface area contributed by atoms with E-state index in [1.165, 1.54) is 0 Å². The van der Waals surface area contributed by atoms with E-state index in [1.54, 1.807) is 0 Å². The summed E-state index contributed by atoms with van der Waals surface area (Å²) in [6.07, 6.45) is 1.34. The Kier molecular flexibility index (Phi) is 2.89. The van der Waals surface area contributed by atoms with Crippen LogP contribution in [0, 0.1) is 0 Å². The Morgan fingerprint density at radius 1 is 1.22 bits per heavy atom. The normalized spacial score (nSPS) is 10.4. The third kappa shape index (κ3) is 6.48. The average molecular weight is 133 g/mol. The van der Waals surface area contributed by atoms with Crippen molar-refractivity contribution in [1.29, 1.82) is 0 Å². The summed E-state index contributed by atoms with van der Waals surface area (Å²) in [5, 5.41) is 24.2. The summed E-state index contributed by atoms with van der Waals surface area (Å²) in [4.78, 5) is 0. The highest BCUT2D eigenvalue weighted by Gasteiger charge is 1.81. The van der Waals surface area contributed by atoms with E-state index < -0.39 is 11.8 Å².